The van der Waals surface area contributed by atoms with E-state index in [1.54, 1.807) is 11.3 Å². The summed E-state index contributed by atoms with van der Waals surface area (Å²) in [5.74, 6) is 0.559. The molecule has 0 radical (unpaired) electrons. The number of carbonyl (C=O) groups is 1. The second-order valence-electron chi connectivity index (χ2n) is 9.03. The van der Waals surface area contributed by atoms with Gasteiger partial charge in [-0.15, -0.1) is 11.3 Å². The summed E-state index contributed by atoms with van der Waals surface area (Å²) in [6.45, 7) is 11.7. The Morgan fingerprint density at radius 1 is 1.38 bits per heavy atom. The SMILES string of the molecule is CCn1c(C(=O)Nc2nc3c(s2)CC(C(C)(C)C)CC3)c(C)c2cc(Cl)ccc21. The summed E-state index contributed by atoms with van der Waals surface area (Å²) in [5.41, 5.74) is 4.13. The molecule has 1 atom stereocenters. The van der Waals surface area contributed by atoms with Crippen molar-refractivity contribution < 1.29 is 4.79 Å². The third-order valence-corrected chi connectivity index (χ3v) is 7.47. The van der Waals surface area contributed by atoms with Crippen molar-refractivity contribution in [2.45, 2.75) is 60.4 Å². The fourth-order valence-electron chi connectivity index (χ4n) is 4.44. The number of aromatic nitrogens is 2. The molecule has 2 aromatic heterocycles. The first kappa shape index (κ1) is 20.4. The Morgan fingerprint density at radius 2 is 2.14 bits per heavy atom. The van der Waals surface area contributed by atoms with Crippen LogP contribution in [0.4, 0.5) is 5.13 Å². The van der Waals surface area contributed by atoms with Crippen LogP contribution in [0.3, 0.4) is 0 Å². The van der Waals surface area contributed by atoms with Crippen LogP contribution in [0.1, 0.15) is 60.7 Å². The van der Waals surface area contributed by atoms with Gasteiger partial charge in [-0.2, -0.15) is 0 Å². The Morgan fingerprint density at radius 3 is 2.83 bits per heavy atom. The third kappa shape index (κ3) is 3.71. The van der Waals surface area contributed by atoms with E-state index < -0.39 is 0 Å². The molecule has 154 valence electrons. The summed E-state index contributed by atoms with van der Waals surface area (Å²) in [7, 11) is 0. The largest absolute Gasteiger partial charge is 0.337 e. The molecule has 2 heterocycles. The van der Waals surface area contributed by atoms with Crippen molar-refractivity contribution in [2.24, 2.45) is 11.3 Å². The van der Waals surface area contributed by atoms with Crippen LogP contribution >= 0.6 is 22.9 Å². The molecule has 29 heavy (non-hydrogen) atoms. The molecule has 0 spiro atoms. The maximum Gasteiger partial charge on any atom is 0.274 e. The highest BCUT2D eigenvalue weighted by molar-refractivity contribution is 7.15. The number of anilines is 1. The summed E-state index contributed by atoms with van der Waals surface area (Å²) in [5, 5.41) is 5.49. The van der Waals surface area contributed by atoms with Crippen LogP contribution in [0.2, 0.25) is 5.02 Å². The van der Waals surface area contributed by atoms with Gasteiger partial charge < -0.3 is 4.57 Å². The number of amides is 1. The lowest BCUT2D eigenvalue weighted by atomic mass is 9.73. The first-order valence-electron chi connectivity index (χ1n) is 10.3. The van der Waals surface area contributed by atoms with E-state index in [2.05, 4.69) is 37.6 Å². The number of fused-ring (bicyclic) bond motifs is 2. The summed E-state index contributed by atoms with van der Waals surface area (Å²) in [6.07, 6.45) is 3.22. The molecule has 1 aromatic carbocycles. The maximum atomic E-state index is 13.2. The quantitative estimate of drug-likeness (QED) is 0.517. The second kappa shape index (κ2) is 7.44. The zero-order chi connectivity index (χ0) is 20.9. The molecule has 0 saturated heterocycles. The Hall–Kier alpha value is -1.85. The van der Waals surface area contributed by atoms with Crippen molar-refractivity contribution >= 4 is 44.9 Å². The molecule has 1 aliphatic carbocycles. The highest BCUT2D eigenvalue weighted by atomic mass is 35.5. The number of carbonyl (C=O) groups excluding carboxylic acids is 1. The van der Waals surface area contributed by atoms with Gasteiger partial charge in [0, 0.05) is 27.3 Å². The normalized spacial score (nSPS) is 16.8. The predicted molar refractivity (Wildman–Crippen MR) is 122 cm³/mol. The third-order valence-electron chi connectivity index (χ3n) is 6.19. The molecule has 0 aliphatic heterocycles. The highest BCUT2D eigenvalue weighted by Gasteiger charge is 2.31. The van der Waals surface area contributed by atoms with E-state index in [1.165, 1.54) is 4.88 Å². The molecule has 4 rings (SSSR count). The van der Waals surface area contributed by atoms with Gasteiger partial charge >= 0.3 is 0 Å². The van der Waals surface area contributed by atoms with Gasteiger partial charge in [-0.3, -0.25) is 10.1 Å². The maximum absolute atomic E-state index is 13.2. The van der Waals surface area contributed by atoms with Crippen LogP contribution in [-0.4, -0.2) is 15.5 Å². The number of hydrogen-bond acceptors (Lipinski definition) is 3. The minimum atomic E-state index is -0.102. The van der Waals surface area contributed by atoms with Gasteiger partial charge in [0.15, 0.2) is 5.13 Å². The molecule has 4 nitrogen and oxygen atoms in total. The number of nitrogens with one attached hydrogen (secondary N) is 1. The van der Waals surface area contributed by atoms with Gasteiger partial charge in [-0.05, 0) is 68.2 Å². The minimum Gasteiger partial charge on any atom is -0.337 e. The van der Waals surface area contributed by atoms with Crippen LogP contribution in [0, 0.1) is 18.3 Å². The molecule has 1 N–H and O–H groups in total. The van der Waals surface area contributed by atoms with Gasteiger partial charge in [0.1, 0.15) is 5.69 Å². The number of halogens is 1. The van der Waals surface area contributed by atoms with E-state index in [4.69, 9.17) is 16.6 Å². The lowest BCUT2D eigenvalue weighted by molar-refractivity contribution is 0.101. The standard InChI is InChI=1S/C23H28ClN3OS/c1-6-27-18-10-8-15(24)12-16(18)13(2)20(27)21(28)26-22-25-17-9-7-14(23(3,4)5)11-19(17)29-22/h8,10,12,14H,6-7,9,11H2,1-5H3,(H,25,26,28). The average molecular weight is 430 g/mol. The van der Waals surface area contributed by atoms with E-state index in [1.807, 2.05) is 25.1 Å². The van der Waals surface area contributed by atoms with Gasteiger partial charge in [-0.1, -0.05) is 32.4 Å². The van der Waals surface area contributed by atoms with Crippen molar-refractivity contribution in [3.05, 3.63) is 45.1 Å². The number of rotatable bonds is 3. The molecule has 0 fully saturated rings. The lowest BCUT2D eigenvalue weighted by Crippen LogP contribution is -2.26. The van der Waals surface area contributed by atoms with Crippen LogP contribution in [0.25, 0.3) is 10.9 Å². The number of nitrogens with zero attached hydrogens (tertiary/aromatic N) is 2. The van der Waals surface area contributed by atoms with Crippen LogP contribution in [0.5, 0.6) is 0 Å². The summed E-state index contributed by atoms with van der Waals surface area (Å²) >= 11 is 7.82. The number of thiazole rings is 1. The minimum absolute atomic E-state index is 0.102. The zero-order valence-electron chi connectivity index (χ0n) is 17.7. The summed E-state index contributed by atoms with van der Waals surface area (Å²) in [4.78, 5) is 19.3. The molecular weight excluding hydrogens is 402 g/mol. The molecular formula is C23H28ClN3OS. The number of hydrogen-bond donors (Lipinski definition) is 1. The lowest BCUT2D eigenvalue weighted by Gasteiger charge is -2.33. The van der Waals surface area contributed by atoms with Crippen molar-refractivity contribution in [1.29, 1.82) is 0 Å². The predicted octanol–water partition coefficient (Wildman–Crippen LogP) is 6.48. The van der Waals surface area contributed by atoms with Crippen molar-refractivity contribution in [2.75, 3.05) is 5.32 Å². The van der Waals surface area contributed by atoms with E-state index in [9.17, 15) is 4.79 Å². The Labute approximate surface area is 181 Å². The molecule has 0 saturated carbocycles. The van der Waals surface area contributed by atoms with Crippen molar-refractivity contribution in [3.8, 4) is 0 Å². The Balaban J connectivity index is 1.63. The van der Waals surface area contributed by atoms with Crippen LogP contribution < -0.4 is 5.32 Å². The topological polar surface area (TPSA) is 46.9 Å². The van der Waals surface area contributed by atoms with Crippen LogP contribution in [-0.2, 0) is 19.4 Å². The monoisotopic (exact) mass is 429 g/mol. The molecule has 3 aromatic rings. The van der Waals surface area contributed by atoms with E-state index >= 15 is 0 Å². The van der Waals surface area contributed by atoms with Gasteiger partial charge in [0.05, 0.1) is 5.69 Å². The molecule has 0 bridgehead atoms. The first-order valence-corrected chi connectivity index (χ1v) is 11.5. The van der Waals surface area contributed by atoms with E-state index in [0.29, 0.717) is 27.2 Å². The van der Waals surface area contributed by atoms with E-state index in [-0.39, 0.29) is 5.91 Å². The zero-order valence-corrected chi connectivity index (χ0v) is 19.3. The average Bonchev–Trinajstić information content (AvgIpc) is 3.18. The molecule has 1 amide bonds. The Kier molecular flexibility index (Phi) is 5.24. The smallest absolute Gasteiger partial charge is 0.274 e. The summed E-state index contributed by atoms with van der Waals surface area (Å²) < 4.78 is 2.06. The Bertz CT molecular complexity index is 1090. The first-order chi connectivity index (χ1) is 13.7. The van der Waals surface area contributed by atoms with Crippen LogP contribution in [0.15, 0.2) is 18.2 Å². The molecule has 6 heteroatoms. The number of aryl methyl sites for hydroxylation is 3. The second-order valence-corrected chi connectivity index (χ2v) is 10.5. The summed E-state index contributed by atoms with van der Waals surface area (Å²) in [6, 6.07) is 5.79. The van der Waals surface area contributed by atoms with Gasteiger partial charge in [0.2, 0.25) is 0 Å². The fourth-order valence-corrected chi connectivity index (χ4v) is 5.69. The van der Waals surface area contributed by atoms with E-state index in [0.717, 1.165) is 48.0 Å². The molecule has 1 unspecified atom stereocenters. The highest BCUT2D eigenvalue weighted by Crippen LogP contribution is 2.40. The number of benzene rings is 1. The fraction of sp³-hybridized carbons (Fsp3) is 0.478. The van der Waals surface area contributed by atoms with Gasteiger partial charge in [0.25, 0.3) is 5.91 Å². The van der Waals surface area contributed by atoms with Crippen molar-refractivity contribution in [3.63, 3.8) is 0 Å². The van der Waals surface area contributed by atoms with Gasteiger partial charge in [-0.25, -0.2) is 4.98 Å². The molecule has 1 aliphatic rings. The van der Waals surface area contributed by atoms with Crippen molar-refractivity contribution in [1.82, 2.24) is 9.55 Å².